The molecule has 0 aliphatic rings. The Morgan fingerprint density at radius 2 is 2.19 bits per heavy atom. The molecule has 0 aromatic carbocycles. The van der Waals surface area contributed by atoms with Crippen LogP contribution in [0.3, 0.4) is 0 Å². The Morgan fingerprint density at radius 1 is 1.44 bits per heavy atom. The summed E-state index contributed by atoms with van der Waals surface area (Å²) in [4.78, 5) is 8.73. The first-order valence-corrected chi connectivity index (χ1v) is 7.05. The van der Waals surface area contributed by atoms with E-state index in [1.54, 1.807) is 0 Å². The van der Waals surface area contributed by atoms with Crippen molar-refractivity contribution >= 4 is 17.6 Å². The van der Waals surface area contributed by atoms with Gasteiger partial charge in [0.1, 0.15) is 11.6 Å². The summed E-state index contributed by atoms with van der Waals surface area (Å²) in [7, 11) is 0. The van der Waals surface area contributed by atoms with Crippen LogP contribution in [0.25, 0.3) is 0 Å². The second-order valence-electron chi connectivity index (χ2n) is 3.91. The van der Waals surface area contributed by atoms with E-state index in [-0.39, 0.29) is 0 Å². The lowest BCUT2D eigenvalue weighted by Gasteiger charge is -2.10. The quantitative estimate of drug-likeness (QED) is 0.828. The van der Waals surface area contributed by atoms with E-state index < -0.39 is 0 Å². The number of hydrogen-bond acceptors (Lipinski definition) is 4. The topological polar surface area (TPSA) is 37.8 Å². The minimum atomic E-state index is 0.695. The summed E-state index contributed by atoms with van der Waals surface area (Å²) in [5, 5.41) is 4.06. The summed E-state index contributed by atoms with van der Waals surface area (Å²) in [6, 6.07) is 2.04. The molecule has 16 heavy (non-hydrogen) atoms. The van der Waals surface area contributed by atoms with E-state index in [1.165, 1.54) is 0 Å². The molecule has 0 radical (unpaired) electrons. The Hall–Kier alpha value is -0.770. The van der Waals surface area contributed by atoms with Crippen LogP contribution in [0.1, 0.15) is 31.8 Å². The Balaban J connectivity index is 2.50. The van der Waals surface area contributed by atoms with E-state index in [4.69, 9.17) is 0 Å². The molecule has 1 aromatic heterocycles. The van der Waals surface area contributed by atoms with E-state index in [9.17, 15) is 0 Å². The fourth-order valence-electron chi connectivity index (χ4n) is 1.42. The highest BCUT2D eigenvalue weighted by atomic mass is 32.2. The van der Waals surface area contributed by atoms with E-state index in [0.29, 0.717) is 5.25 Å². The van der Waals surface area contributed by atoms with Crippen LogP contribution in [0.5, 0.6) is 0 Å². The van der Waals surface area contributed by atoms with Gasteiger partial charge in [-0.2, -0.15) is 11.8 Å². The SMILES string of the molecule is CCc1cc(NCCC(C)SC)nc(C)n1. The van der Waals surface area contributed by atoms with Crippen molar-refractivity contribution in [3.05, 3.63) is 17.6 Å². The molecule has 0 bridgehead atoms. The van der Waals surface area contributed by atoms with Gasteiger partial charge in [0.2, 0.25) is 0 Å². The minimum absolute atomic E-state index is 0.695. The van der Waals surface area contributed by atoms with Crippen molar-refractivity contribution < 1.29 is 0 Å². The molecule has 0 aliphatic carbocycles. The third-order valence-electron chi connectivity index (χ3n) is 2.51. The zero-order chi connectivity index (χ0) is 12.0. The Morgan fingerprint density at radius 3 is 2.81 bits per heavy atom. The van der Waals surface area contributed by atoms with Crippen molar-refractivity contribution in [3.8, 4) is 0 Å². The van der Waals surface area contributed by atoms with E-state index in [1.807, 2.05) is 24.8 Å². The molecule has 3 nitrogen and oxygen atoms in total. The van der Waals surface area contributed by atoms with Crippen LogP contribution < -0.4 is 5.32 Å². The average Bonchev–Trinajstić information content (AvgIpc) is 2.28. The summed E-state index contributed by atoms with van der Waals surface area (Å²) in [6.07, 6.45) is 4.26. The van der Waals surface area contributed by atoms with Crippen LogP contribution in [0, 0.1) is 6.92 Å². The molecule has 1 N–H and O–H groups in total. The van der Waals surface area contributed by atoms with Crippen LogP contribution in [0.4, 0.5) is 5.82 Å². The molecule has 90 valence electrons. The van der Waals surface area contributed by atoms with Crippen LogP contribution in [0.2, 0.25) is 0 Å². The summed E-state index contributed by atoms with van der Waals surface area (Å²) >= 11 is 1.90. The summed E-state index contributed by atoms with van der Waals surface area (Å²) < 4.78 is 0. The lowest BCUT2D eigenvalue weighted by molar-refractivity contribution is 0.844. The molecule has 1 atom stereocenters. The van der Waals surface area contributed by atoms with Gasteiger partial charge in [0.25, 0.3) is 0 Å². The number of rotatable bonds is 6. The van der Waals surface area contributed by atoms with Gasteiger partial charge in [-0.25, -0.2) is 9.97 Å². The monoisotopic (exact) mass is 239 g/mol. The molecule has 0 saturated carbocycles. The zero-order valence-corrected chi connectivity index (χ0v) is 11.4. The predicted octanol–water partition coefficient (Wildman–Crippen LogP) is 2.90. The number of nitrogens with zero attached hydrogens (tertiary/aromatic N) is 2. The molecular formula is C12H21N3S. The number of aromatic nitrogens is 2. The minimum Gasteiger partial charge on any atom is -0.370 e. The van der Waals surface area contributed by atoms with Gasteiger partial charge in [-0.15, -0.1) is 0 Å². The smallest absolute Gasteiger partial charge is 0.129 e. The van der Waals surface area contributed by atoms with Crippen molar-refractivity contribution in [2.75, 3.05) is 18.1 Å². The van der Waals surface area contributed by atoms with Crippen molar-refractivity contribution in [1.82, 2.24) is 9.97 Å². The van der Waals surface area contributed by atoms with Gasteiger partial charge in [-0.3, -0.25) is 0 Å². The molecule has 4 heteroatoms. The second-order valence-corrected chi connectivity index (χ2v) is 5.18. The van der Waals surface area contributed by atoms with Crippen molar-refractivity contribution in [2.24, 2.45) is 0 Å². The number of nitrogens with one attached hydrogen (secondary N) is 1. The van der Waals surface area contributed by atoms with Gasteiger partial charge < -0.3 is 5.32 Å². The first-order chi connectivity index (χ1) is 7.65. The lowest BCUT2D eigenvalue weighted by Crippen LogP contribution is -2.10. The van der Waals surface area contributed by atoms with Crippen LogP contribution in [0.15, 0.2) is 6.07 Å². The van der Waals surface area contributed by atoms with Gasteiger partial charge in [-0.05, 0) is 26.0 Å². The highest BCUT2D eigenvalue weighted by Crippen LogP contribution is 2.11. The van der Waals surface area contributed by atoms with Gasteiger partial charge in [-0.1, -0.05) is 13.8 Å². The van der Waals surface area contributed by atoms with E-state index in [2.05, 4.69) is 35.4 Å². The molecule has 0 fully saturated rings. The normalized spacial score (nSPS) is 12.5. The van der Waals surface area contributed by atoms with Gasteiger partial charge in [0.05, 0.1) is 0 Å². The van der Waals surface area contributed by atoms with Crippen LogP contribution in [-0.2, 0) is 6.42 Å². The maximum atomic E-state index is 4.38. The summed E-state index contributed by atoms with van der Waals surface area (Å²) in [6.45, 7) is 7.27. The van der Waals surface area contributed by atoms with Gasteiger partial charge >= 0.3 is 0 Å². The third kappa shape index (κ3) is 4.39. The summed E-state index contributed by atoms with van der Waals surface area (Å²) in [5.41, 5.74) is 1.10. The molecule has 0 aliphatic heterocycles. The Bertz CT molecular complexity index is 328. The third-order valence-corrected chi connectivity index (χ3v) is 3.55. The van der Waals surface area contributed by atoms with Gasteiger partial charge in [0, 0.05) is 23.6 Å². The predicted molar refractivity (Wildman–Crippen MR) is 72.2 cm³/mol. The molecule has 1 heterocycles. The number of hydrogen-bond donors (Lipinski definition) is 1. The molecule has 0 spiro atoms. The maximum Gasteiger partial charge on any atom is 0.129 e. The molecule has 1 rings (SSSR count). The standard InChI is InChI=1S/C12H21N3S/c1-5-11-8-12(15-10(3)14-11)13-7-6-9(2)16-4/h8-9H,5-7H2,1-4H3,(H,13,14,15). The van der Waals surface area contributed by atoms with Crippen LogP contribution >= 0.6 is 11.8 Å². The lowest BCUT2D eigenvalue weighted by atomic mass is 10.3. The molecule has 0 saturated heterocycles. The highest BCUT2D eigenvalue weighted by molar-refractivity contribution is 7.99. The fourth-order valence-corrected chi connectivity index (χ4v) is 1.78. The van der Waals surface area contributed by atoms with Crippen LogP contribution in [-0.4, -0.2) is 28.0 Å². The van der Waals surface area contributed by atoms with Gasteiger partial charge in [0.15, 0.2) is 0 Å². The number of thioether (sulfide) groups is 1. The number of aryl methyl sites for hydroxylation is 2. The van der Waals surface area contributed by atoms with Crippen molar-refractivity contribution in [2.45, 2.75) is 38.9 Å². The largest absolute Gasteiger partial charge is 0.370 e. The zero-order valence-electron chi connectivity index (χ0n) is 10.6. The molecular weight excluding hydrogens is 218 g/mol. The molecule has 0 amide bonds. The van der Waals surface area contributed by atoms with Crippen molar-refractivity contribution in [3.63, 3.8) is 0 Å². The fraction of sp³-hybridized carbons (Fsp3) is 0.667. The Kier molecular flexibility index (Phi) is 5.60. The Labute approximate surface area is 102 Å². The number of anilines is 1. The second kappa shape index (κ2) is 6.74. The average molecular weight is 239 g/mol. The summed E-state index contributed by atoms with van der Waals surface area (Å²) in [5.74, 6) is 1.80. The maximum absolute atomic E-state index is 4.38. The first-order valence-electron chi connectivity index (χ1n) is 5.77. The van der Waals surface area contributed by atoms with E-state index >= 15 is 0 Å². The van der Waals surface area contributed by atoms with E-state index in [0.717, 1.165) is 36.7 Å². The molecule has 1 aromatic rings. The highest BCUT2D eigenvalue weighted by Gasteiger charge is 2.02. The molecule has 1 unspecified atom stereocenters. The first kappa shape index (κ1) is 13.3. The van der Waals surface area contributed by atoms with Crippen molar-refractivity contribution in [1.29, 1.82) is 0 Å².